The van der Waals surface area contributed by atoms with E-state index in [-0.39, 0.29) is 17.5 Å². The van der Waals surface area contributed by atoms with Crippen LogP contribution >= 0.6 is 23.2 Å². The van der Waals surface area contributed by atoms with Crippen molar-refractivity contribution < 1.29 is 9.59 Å². The van der Waals surface area contributed by atoms with Gasteiger partial charge in [-0.05, 0) is 36.8 Å². The van der Waals surface area contributed by atoms with Crippen molar-refractivity contribution in [2.75, 3.05) is 13.1 Å². The quantitative estimate of drug-likeness (QED) is 0.537. The van der Waals surface area contributed by atoms with Gasteiger partial charge in [-0.15, -0.1) is 0 Å². The van der Waals surface area contributed by atoms with Gasteiger partial charge in [-0.1, -0.05) is 41.4 Å². The van der Waals surface area contributed by atoms with Crippen molar-refractivity contribution in [3.63, 3.8) is 0 Å². The molecule has 1 aromatic carbocycles. The minimum Gasteiger partial charge on any atom is -0.351 e. The number of aromatic nitrogens is 3. The van der Waals surface area contributed by atoms with Gasteiger partial charge < -0.3 is 10.6 Å². The maximum atomic E-state index is 12.3. The van der Waals surface area contributed by atoms with E-state index in [1.165, 1.54) is 12.3 Å². The second-order valence-electron chi connectivity index (χ2n) is 6.62. The van der Waals surface area contributed by atoms with Gasteiger partial charge in [0, 0.05) is 36.6 Å². The second kappa shape index (κ2) is 10.7. The van der Waals surface area contributed by atoms with Crippen LogP contribution in [0.4, 0.5) is 0 Å². The van der Waals surface area contributed by atoms with Gasteiger partial charge >= 0.3 is 0 Å². The molecule has 0 fully saturated rings. The largest absolute Gasteiger partial charge is 0.351 e. The molecule has 2 aromatic heterocycles. The van der Waals surface area contributed by atoms with Gasteiger partial charge in [-0.2, -0.15) is 5.10 Å². The van der Waals surface area contributed by atoms with E-state index in [1.54, 1.807) is 23.0 Å². The molecule has 0 saturated heterocycles. The fourth-order valence-corrected chi connectivity index (χ4v) is 3.09. The molecule has 160 valence electrons. The van der Waals surface area contributed by atoms with E-state index in [0.29, 0.717) is 35.2 Å². The first-order valence-electron chi connectivity index (χ1n) is 9.61. The number of rotatable bonds is 8. The van der Waals surface area contributed by atoms with E-state index in [1.807, 2.05) is 37.4 Å². The Hall–Kier alpha value is -3.16. The van der Waals surface area contributed by atoms with Gasteiger partial charge in [-0.3, -0.25) is 19.3 Å². The van der Waals surface area contributed by atoms with Crippen LogP contribution in [-0.2, 0) is 6.54 Å². The number of amides is 2. The summed E-state index contributed by atoms with van der Waals surface area (Å²) in [6.45, 7) is 3.20. The summed E-state index contributed by atoms with van der Waals surface area (Å²) in [7, 11) is 0. The molecule has 0 unspecified atom stereocenters. The van der Waals surface area contributed by atoms with Crippen LogP contribution in [0.3, 0.4) is 0 Å². The summed E-state index contributed by atoms with van der Waals surface area (Å²) in [5.74, 6) is -0.595. The van der Waals surface area contributed by atoms with Gasteiger partial charge in [0.05, 0.1) is 22.8 Å². The molecule has 0 spiro atoms. The Morgan fingerprint density at radius 1 is 1.10 bits per heavy atom. The Morgan fingerprint density at radius 2 is 1.94 bits per heavy atom. The second-order valence-corrected chi connectivity index (χ2v) is 7.44. The highest BCUT2D eigenvalue weighted by Crippen LogP contribution is 2.23. The lowest BCUT2D eigenvalue weighted by atomic mass is 10.2. The molecule has 2 amide bonds. The maximum absolute atomic E-state index is 12.3. The molecule has 0 radical (unpaired) electrons. The zero-order valence-electron chi connectivity index (χ0n) is 16.8. The predicted molar refractivity (Wildman–Crippen MR) is 121 cm³/mol. The van der Waals surface area contributed by atoms with Crippen LogP contribution in [0.1, 0.15) is 38.9 Å². The molecule has 7 nitrogen and oxygen atoms in total. The highest BCUT2D eigenvalue weighted by molar-refractivity contribution is 6.42. The van der Waals surface area contributed by atoms with Crippen molar-refractivity contribution >= 4 is 41.1 Å². The average molecular weight is 458 g/mol. The number of nitrogens with zero attached hydrogens (tertiary/aromatic N) is 3. The van der Waals surface area contributed by atoms with E-state index < -0.39 is 0 Å². The number of hydrogen-bond donors (Lipinski definition) is 2. The van der Waals surface area contributed by atoms with Crippen LogP contribution in [0.5, 0.6) is 0 Å². The molecule has 0 aliphatic carbocycles. The van der Waals surface area contributed by atoms with Gasteiger partial charge in [0.1, 0.15) is 5.69 Å². The summed E-state index contributed by atoms with van der Waals surface area (Å²) in [6, 6.07) is 8.50. The normalized spacial score (nSPS) is 10.9. The van der Waals surface area contributed by atoms with Crippen molar-refractivity contribution in [2.45, 2.75) is 13.5 Å². The van der Waals surface area contributed by atoms with E-state index in [4.69, 9.17) is 23.2 Å². The highest BCUT2D eigenvalue weighted by Gasteiger charge is 2.10. The van der Waals surface area contributed by atoms with Crippen molar-refractivity contribution in [2.24, 2.45) is 0 Å². The molecule has 3 rings (SSSR count). The van der Waals surface area contributed by atoms with E-state index in [9.17, 15) is 9.59 Å². The number of benzene rings is 1. The average Bonchev–Trinajstić information content (AvgIpc) is 3.21. The van der Waals surface area contributed by atoms with Crippen LogP contribution in [0.15, 0.2) is 55.0 Å². The van der Waals surface area contributed by atoms with Gasteiger partial charge in [0.2, 0.25) is 0 Å². The monoisotopic (exact) mass is 457 g/mol. The lowest BCUT2D eigenvalue weighted by molar-refractivity contribution is 0.0951. The number of hydrogen-bond acceptors (Lipinski definition) is 4. The molecule has 0 aliphatic heterocycles. The minimum absolute atomic E-state index is 0.208. The van der Waals surface area contributed by atoms with Crippen LogP contribution in [-0.4, -0.2) is 39.7 Å². The maximum Gasteiger partial charge on any atom is 0.269 e. The zero-order valence-corrected chi connectivity index (χ0v) is 18.3. The standard InChI is InChI=1S/C22H21Cl2N5O2/c1-2-25-22(31)20-11-17(7-9-26-20)21(30)27-8-3-4-16-12-28-29(14-16)13-15-5-6-18(23)19(24)10-15/h3-7,9-12,14H,2,8,13H2,1H3,(H,25,31)(H,27,30)/b4-3+. The van der Waals surface area contributed by atoms with E-state index in [0.717, 1.165) is 11.1 Å². The van der Waals surface area contributed by atoms with Crippen LogP contribution < -0.4 is 10.6 Å². The smallest absolute Gasteiger partial charge is 0.269 e. The first kappa shape index (κ1) is 22.5. The van der Waals surface area contributed by atoms with Crippen molar-refractivity contribution in [1.29, 1.82) is 0 Å². The van der Waals surface area contributed by atoms with Crippen LogP contribution in [0.25, 0.3) is 6.08 Å². The highest BCUT2D eigenvalue weighted by atomic mass is 35.5. The topological polar surface area (TPSA) is 88.9 Å². The molecule has 2 heterocycles. The van der Waals surface area contributed by atoms with Crippen LogP contribution in [0.2, 0.25) is 10.0 Å². The number of nitrogens with one attached hydrogen (secondary N) is 2. The molecular formula is C22H21Cl2N5O2. The molecular weight excluding hydrogens is 437 g/mol. The van der Waals surface area contributed by atoms with Crippen molar-refractivity contribution in [1.82, 2.24) is 25.4 Å². The SMILES string of the molecule is CCNC(=O)c1cc(C(=O)NC/C=C/c2cnn(Cc3ccc(Cl)c(Cl)c3)c2)ccn1. The van der Waals surface area contributed by atoms with E-state index in [2.05, 4.69) is 20.7 Å². The molecule has 9 heteroatoms. The summed E-state index contributed by atoms with van der Waals surface area (Å²) < 4.78 is 1.79. The first-order chi connectivity index (χ1) is 15.0. The number of carbonyl (C=O) groups is 2. The number of carbonyl (C=O) groups excluding carboxylic acids is 2. The Kier molecular flexibility index (Phi) is 7.81. The zero-order chi connectivity index (χ0) is 22.2. The molecule has 0 aliphatic rings. The third-order valence-corrected chi connectivity index (χ3v) is 5.00. The molecule has 0 bridgehead atoms. The Labute approximate surface area is 190 Å². The van der Waals surface area contributed by atoms with Gasteiger partial charge in [-0.25, -0.2) is 0 Å². The first-order valence-corrected chi connectivity index (χ1v) is 10.4. The van der Waals surface area contributed by atoms with E-state index >= 15 is 0 Å². The summed E-state index contributed by atoms with van der Waals surface area (Å²) in [5, 5.41) is 10.8. The summed E-state index contributed by atoms with van der Waals surface area (Å²) in [6.07, 6.45) is 8.76. The van der Waals surface area contributed by atoms with Crippen molar-refractivity contribution in [3.05, 3.63) is 87.4 Å². The predicted octanol–water partition coefficient (Wildman–Crippen LogP) is 3.83. The third-order valence-electron chi connectivity index (χ3n) is 4.26. The summed E-state index contributed by atoms with van der Waals surface area (Å²) >= 11 is 12.0. The molecule has 31 heavy (non-hydrogen) atoms. The molecule has 0 atom stereocenters. The lowest BCUT2D eigenvalue weighted by Gasteiger charge is -2.05. The van der Waals surface area contributed by atoms with Gasteiger partial charge in [0.25, 0.3) is 11.8 Å². The minimum atomic E-state index is -0.310. The molecule has 0 saturated carbocycles. The summed E-state index contributed by atoms with van der Waals surface area (Å²) in [4.78, 5) is 28.1. The molecule has 2 N–H and O–H groups in total. The third kappa shape index (κ3) is 6.41. The summed E-state index contributed by atoms with van der Waals surface area (Å²) in [5.41, 5.74) is 2.47. The fraction of sp³-hybridized carbons (Fsp3) is 0.182. The Bertz CT molecular complexity index is 1110. The van der Waals surface area contributed by atoms with Gasteiger partial charge in [0.15, 0.2) is 0 Å². The Morgan fingerprint density at radius 3 is 2.71 bits per heavy atom. The Balaban J connectivity index is 1.52. The fourth-order valence-electron chi connectivity index (χ4n) is 2.77. The molecule has 3 aromatic rings. The van der Waals surface area contributed by atoms with Crippen molar-refractivity contribution in [3.8, 4) is 0 Å². The lowest BCUT2D eigenvalue weighted by Crippen LogP contribution is -2.26. The van der Waals surface area contributed by atoms with Crippen LogP contribution in [0, 0.1) is 0 Å². The number of halogens is 2. The number of pyridine rings is 1.